The van der Waals surface area contributed by atoms with E-state index in [4.69, 9.17) is 5.89 Å². The Hall–Kier alpha value is -0.570. The summed E-state index contributed by atoms with van der Waals surface area (Å²) in [6.45, 7) is 1.62. The van der Waals surface area contributed by atoms with Crippen LogP contribution in [0.2, 0.25) is 0 Å². The maximum atomic E-state index is 11.5. The second-order valence-electron chi connectivity index (χ2n) is 3.48. The van der Waals surface area contributed by atoms with Crippen molar-refractivity contribution in [1.29, 1.82) is 0 Å². The fraction of sp³-hybridized carbons (Fsp3) is 0.636. The van der Waals surface area contributed by atoms with E-state index < -0.39 is 17.3 Å². The van der Waals surface area contributed by atoms with E-state index in [1.165, 1.54) is 13.0 Å². The molecule has 0 radical (unpaired) electrons. The molecule has 0 bridgehead atoms. The van der Waals surface area contributed by atoms with Crippen LogP contribution in [-0.2, 0) is 14.1 Å². The summed E-state index contributed by atoms with van der Waals surface area (Å²) >= 11 is 0. The molecule has 0 aromatic heterocycles. The number of carbonyl (C=O) groups is 2. The van der Waals surface area contributed by atoms with Crippen LogP contribution >= 0.6 is 9.47 Å². The van der Waals surface area contributed by atoms with E-state index in [0.29, 0.717) is 12.7 Å². The van der Waals surface area contributed by atoms with Crippen molar-refractivity contribution < 1.29 is 20.6 Å². The van der Waals surface area contributed by atoms with Crippen LogP contribution in [0.5, 0.6) is 0 Å². The van der Waals surface area contributed by atoms with E-state index in [9.17, 15) is 14.7 Å². The molecule has 4 nitrogen and oxygen atoms in total. The zero-order chi connectivity index (χ0) is 13.3. The van der Waals surface area contributed by atoms with Gasteiger partial charge in [-0.1, -0.05) is 19.1 Å². The maximum Gasteiger partial charge on any atom is 0.162 e. The van der Waals surface area contributed by atoms with Crippen molar-refractivity contribution in [2.24, 2.45) is 5.92 Å². The van der Waals surface area contributed by atoms with Crippen molar-refractivity contribution in [2.75, 3.05) is 6.61 Å². The lowest BCUT2D eigenvalue weighted by molar-refractivity contribution is -0.144. The first-order valence-electron chi connectivity index (χ1n) is 5.70. The number of hydrogen-bond donors (Lipinski definition) is 1. The van der Waals surface area contributed by atoms with Gasteiger partial charge in [0.1, 0.15) is 11.9 Å². The third kappa shape index (κ3) is 4.12. The minimum absolute atomic E-state index is 0.0560. The highest BCUT2D eigenvalue weighted by Crippen LogP contribution is 2.23. The minimum atomic E-state index is -1.73. The lowest BCUT2D eigenvalue weighted by Gasteiger charge is -2.28. The molecule has 0 aromatic carbocycles. The lowest BCUT2D eigenvalue weighted by Crippen LogP contribution is -2.45. The number of carbonyl (C=O) groups excluding carboxylic acids is 2. The van der Waals surface area contributed by atoms with Crippen LogP contribution in [0.4, 0.5) is 0 Å². The van der Waals surface area contributed by atoms with Crippen LogP contribution in [-0.4, -0.2) is 29.4 Å². The molecule has 0 rings (SSSR count). The Kier molecular flexibility index (Phi) is 6.46. The first-order valence-corrected chi connectivity index (χ1v) is 5.46. The minimum Gasteiger partial charge on any atom is -0.381 e. The van der Waals surface area contributed by atoms with Crippen LogP contribution < -0.4 is 0 Å². The highest BCUT2D eigenvalue weighted by Gasteiger charge is 2.39. The SMILES string of the molecule is [2H]CC/C=C/[C@H](C=O)[C@@](O)(CCOP)C(C)=O. The highest BCUT2D eigenvalue weighted by molar-refractivity contribution is 7.09. The summed E-state index contributed by atoms with van der Waals surface area (Å²) < 4.78 is 11.7. The number of Topliss-reactive ketones (excluding diaryl/α,β-unsaturated/α-hetero) is 1. The first-order chi connectivity index (χ1) is 8.02. The zero-order valence-electron chi connectivity index (χ0n) is 10.4. The molecule has 1 unspecified atom stereocenters. The molecule has 1 N–H and O–H groups in total. The van der Waals surface area contributed by atoms with Crippen molar-refractivity contribution in [3.63, 3.8) is 0 Å². The van der Waals surface area contributed by atoms with Crippen molar-refractivity contribution in [1.82, 2.24) is 0 Å². The molecule has 0 aliphatic rings. The van der Waals surface area contributed by atoms with Gasteiger partial charge in [-0.25, -0.2) is 0 Å². The molecular formula is C11H19O4P. The van der Waals surface area contributed by atoms with Gasteiger partial charge >= 0.3 is 0 Å². The molecule has 0 aromatic rings. The van der Waals surface area contributed by atoms with E-state index >= 15 is 0 Å². The van der Waals surface area contributed by atoms with Crippen LogP contribution in [0.3, 0.4) is 0 Å². The summed E-state index contributed by atoms with van der Waals surface area (Å²) in [4.78, 5) is 22.4. The lowest BCUT2D eigenvalue weighted by atomic mass is 9.82. The van der Waals surface area contributed by atoms with Crippen LogP contribution in [0, 0.1) is 5.92 Å². The molecule has 0 spiro atoms. The van der Waals surface area contributed by atoms with E-state index in [1.807, 2.05) is 9.47 Å². The molecule has 3 atom stereocenters. The third-order valence-corrected chi connectivity index (χ3v) is 2.65. The van der Waals surface area contributed by atoms with Gasteiger partial charge in [0, 0.05) is 17.3 Å². The summed E-state index contributed by atoms with van der Waals surface area (Å²) in [5.41, 5.74) is -1.73. The quantitative estimate of drug-likeness (QED) is 0.399. The smallest absolute Gasteiger partial charge is 0.162 e. The summed E-state index contributed by atoms with van der Waals surface area (Å²) in [5.74, 6) is -1.36. The fourth-order valence-electron chi connectivity index (χ4n) is 1.35. The number of allylic oxidation sites excluding steroid dienone is 1. The summed E-state index contributed by atoms with van der Waals surface area (Å²) in [6, 6.07) is 0. The van der Waals surface area contributed by atoms with Crippen LogP contribution in [0.25, 0.3) is 0 Å². The number of rotatable bonds is 8. The molecule has 5 heteroatoms. The Bertz CT molecular complexity index is 283. The number of hydrogen-bond acceptors (Lipinski definition) is 4. The zero-order valence-corrected chi connectivity index (χ0v) is 10.5. The Morgan fingerprint density at radius 2 is 2.44 bits per heavy atom. The molecule has 0 amide bonds. The predicted octanol–water partition coefficient (Wildman–Crippen LogP) is 1.28. The molecule has 0 fully saturated rings. The highest BCUT2D eigenvalue weighted by atomic mass is 31.0. The summed E-state index contributed by atoms with van der Waals surface area (Å²) in [6.07, 6.45) is 4.19. The summed E-state index contributed by atoms with van der Waals surface area (Å²) in [5, 5.41) is 10.2. The predicted molar refractivity (Wildman–Crippen MR) is 64.9 cm³/mol. The molecule has 0 aliphatic heterocycles. The van der Waals surface area contributed by atoms with E-state index in [2.05, 4.69) is 0 Å². The third-order valence-electron chi connectivity index (χ3n) is 2.42. The number of aldehydes is 1. The summed E-state index contributed by atoms with van der Waals surface area (Å²) in [7, 11) is 2.03. The topological polar surface area (TPSA) is 63.6 Å². The van der Waals surface area contributed by atoms with Crippen molar-refractivity contribution >= 4 is 21.5 Å². The second-order valence-corrected chi connectivity index (χ2v) is 3.81. The Morgan fingerprint density at radius 1 is 1.75 bits per heavy atom. The van der Waals surface area contributed by atoms with E-state index in [1.54, 1.807) is 6.08 Å². The van der Waals surface area contributed by atoms with Gasteiger partial charge in [-0.05, 0) is 13.3 Å². The molecule has 0 saturated heterocycles. The van der Waals surface area contributed by atoms with Gasteiger partial charge in [0.25, 0.3) is 0 Å². The standard InChI is InChI=1S/C11H19O4P/c1-3-4-5-10(8-12)11(14,9(2)13)6-7-15-16/h4-5,8,10,14H,3,6-7,16H2,1-2H3/b5-4+/t10-,11-/m1/s1/i1D. The van der Waals surface area contributed by atoms with Gasteiger partial charge in [0.2, 0.25) is 0 Å². The van der Waals surface area contributed by atoms with E-state index in [-0.39, 0.29) is 19.9 Å². The average molecular weight is 247 g/mol. The van der Waals surface area contributed by atoms with Gasteiger partial charge in [-0.2, -0.15) is 0 Å². The molecular weight excluding hydrogens is 227 g/mol. The van der Waals surface area contributed by atoms with Gasteiger partial charge in [0.15, 0.2) is 5.78 Å². The monoisotopic (exact) mass is 247 g/mol. The van der Waals surface area contributed by atoms with Crippen molar-refractivity contribution in [3.8, 4) is 0 Å². The number of ketones is 1. The van der Waals surface area contributed by atoms with Crippen molar-refractivity contribution in [2.45, 2.75) is 32.3 Å². The molecule has 16 heavy (non-hydrogen) atoms. The van der Waals surface area contributed by atoms with Crippen LogP contribution in [0.15, 0.2) is 12.2 Å². The Labute approximate surface area is 99.8 Å². The number of aliphatic hydroxyl groups is 1. The second kappa shape index (κ2) is 7.66. The molecule has 0 aliphatic carbocycles. The van der Waals surface area contributed by atoms with Gasteiger partial charge in [-0.3, -0.25) is 4.79 Å². The average Bonchev–Trinajstić information content (AvgIpc) is 2.31. The molecule has 92 valence electrons. The maximum absolute atomic E-state index is 11.5. The first kappa shape index (κ1) is 13.5. The molecule has 0 saturated carbocycles. The van der Waals surface area contributed by atoms with E-state index in [0.717, 1.165) is 0 Å². The van der Waals surface area contributed by atoms with Gasteiger partial charge in [0.05, 0.1) is 12.5 Å². The van der Waals surface area contributed by atoms with Crippen LogP contribution in [0.1, 0.15) is 28.0 Å². The normalized spacial score (nSPS) is 17.8. The molecule has 0 heterocycles. The van der Waals surface area contributed by atoms with Gasteiger partial charge in [-0.15, -0.1) is 0 Å². The Balaban J connectivity index is 4.85. The van der Waals surface area contributed by atoms with Gasteiger partial charge < -0.3 is 14.4 Å². The largest absolute Gasteiger partial charge is 0.381 e. The van der Waals surface area contributed by atoms with Crippen molar-refractivity contribution in [3.05, 3.63) is 12.2 Å². The fourth-order valence-corrected chi connectivity index (χ4v) is 1.47. The Morgan fingerprint density at radius 3 is 2.88 bits per heavy atom.